The molecule has 0 radical (unpaired) electrons. The molecule has 3 aromatic rings. The first-order valence-electron chi connectivity index (χ1n) is 14.8. The van der Waals surface area contributed by atoms with E-state index >= 15 is 0 Å². The summed E-state index contributed by atoms with van der Waals surface area (Å²) in [5, 5.41) is 93.7. The number of fused-ring (bicyclic) bond motifs is 1. The Balaban J connectivity index is 1.63. The van der Waals surface area contributed by atoms with Gasteiger partial charge in [0.2, 0.25) is 24.1 Å². The van der Waals surface area contributed by atoms with E-state index in [1.807, 2.05) is 0 Å². The maximum absolute atomic E-state index is 11.3. The number of ether oxygens (including phenoxy) is 7. The van der Waals surface area contributed by atoms with Gasteiger partial charge in [-0.05, 0) is 0 Å². The maximum Gasteiger partial charge on any atom is 0.402 e. The number of rotatable bonds is 10. The molecule has 18 nitrogen and oxygen atoms in total. The van der Waals surface area contributed by atoms with Crippen LogP contribution in [0.4, 0.5) is 0 Å². The van der Waals surface area contributed by atoms with Crippen molar-refractivity contribution in [2.24, 2.45) is 0 Å². The number of esters is 1. The highest BCUT2D eigenvalue weighted by Crippen LogP contribution is 2.46. The molecule has 18 heteroatoms. The van der Waals surface area contributed by atoms with E-state index in [1.54, 1.807) is 0 Å². The average Bonchev–Trinajstić information content (AvgIpc) is 3.08. The van der Waals surface area contributed by atoms with Crippen LogP contribution in [0, 0.1) is 0 Å². The molecule has 0 saturated carbocycles. The molecule has 0 spiro atoms. The number of phenols is 2. The number of hydrogen-bond donors (Lipinski definition) is 9. The molecule has 2 aromatic carbocycles. The van der Waals surface area contributed by atoms with Crippen LogP contribution in [0.2, 0.25) is 0 Å². The second-order valence-electron chi connectivity index (χ2n) is 11.3. The van der Waals surface area contributed by atoms with E-state index in [0.717, 1.165) is 13.0 Å². The first-order chi connectivity index (χ1) is 23.3. The van der Waals surface area contributed by atoms with Gasteiger partial charge in [-0.2, -0.15) is 0 Å². The molecule has 10 atom stereocenters. The van der Waals surface area contributed by atoms with Crippen molar-refractivity contribution in [3.63, 3.8) is 0 Å². The Morgan fingerprint density at radius 2 is 1.29 bits per heavy atom. The second kappa shape index (κ2) is 14.7. The molecule has 5 rings (SSSR count). The number of aliphatic hydroxyl groups excluding tert-OH is 7. The molecule has 0 amide bonds. The third kappa shape index (κ3) is 7.23. The van der Waals surface area contributed by atoms with E-state index in [0.29, 0.717) is 0 Å². The van der Waals surface area contributed by atoms with Crippen LogP contribution in [-0.2, 0) is 19.0 Å². The van der Waals surface area contributed by atoms with Crippen molar-refractivity contribution in [3.05, 3.63) is 30.3 Å². The highest BCUT2D eigenvalue weighted by Gasteiger charge is 2.47. The van der Waals surface area contributed by atoms with Crippen LogP contribution in [0.3, 0.4) is 0 Å². The summed E-state index contributed by atoms with van der Waals surface area (Å²) in [6, 6.07) is 6.30. The van der Waals surface area contributed by atoms with Crippen LogP contribution in [0.25, 0.3) is 22.3 Å². The van der Waals surface area contributed by atoms with E-state index in [9.17, 15) is 50.8 Å². The number of hydrogen-bond acceptors (Lipinski definition) is 17. The van der Waals surface area contributed by atoms with E-state index in [-0.39, 0.29) is 51.0 Å². The smallest absolute Gasteiger partial charge is 0.402 e. The van der Waals surface area contributed by atoms with Crippen LogP contribution >= 0.6 is 0 Å². The number of carbonyl (C=O) groups excluding carboxylic acids is 1. The van der Waals surface area contributed by atoms with Crippen molar-refractivity contribution < 1.29 is 88.3 Å². The van der Waals surface area contributed by atoms with Gasteiger partial charge >= 0.3 is 17.3 Å². The zero-order valence-electron chi connectivity index (χ0n) is 26.3. The van der Waals surface area contributed by atoms with Crippen LogP contribution in [0.1, 0.15) is 6.92 Å². The summed E-state index contributed by atoms with van der Waals surface area (Å²) in [5.74, 6) is -2.11. The Morgan fingerprint density at radius 3 is 1.84 bits per heavy atom. The van der Waals surface area contributed by atoms with Crippen LogP contribution < -0.4 is 18.9 Å². The lowest BCUT2D eigenvalue weighted by atomic mass is 9.99. The van der Waals surface area contributed by atoms with Crippen molar-refractivity contribution >= 4 is 16.9 Å². The van der Waals surface area contributed by atoms with Crippen molar-refractivity contribution in [2.75, 3.05) is 27.4 Å². The SMILES string of the molecule is COc1cc(-c2[o+]c3cc(O)cc(O[C@@H]4O[C@H](COC(C)=O)[C@@H](O)[C@H](O)[C@H]4O)c3cc2O[C@@H]2O[C@H](CO)[C@@H](O)[C@H](O)[C@H]2O)cc(OC)c1O. The third-order valence-electron chi connectivity index (χ3n) is 8.00. The minimum absolute atomic E-state index is 0.0341. The fourth-order valence-corrected chi connectivity index (χ4v) is 5.35. The van der Waals surface area contributed by atoms with Crippen molar-refractivity contribution in [1.82, 2.24) is 0 Å². The predicted molar refractivity (Wildman–Crippen MR) is 161 cm³/mol. The average molecular weight is 698 g/mol. The molecular formula is C31H37O18+. The molecule has 2 saturated heterocycles. The molecule has 2 aliphatic rings. The highest BCUT2D eigenvalue weighted by molar-refractivity contribution is 5.89. The molecular weight excluding hydrogens is 660 g/mol. The third-order valence-corrected chi connectivity index (χ3v) is 8.00. The summed E-state index contributed by atoms with van der Waals surface area (Å²) in [6.45, 7) is -0.110. The monoisotopic (exact) mass is 697 g/mol. The molecule has 3 heterocycles. The van der Waals surface area contributed by atoms with E-state index in [4.69, 9.17) is 37.6 Å². The summed E-state index contributed by atoms with van der Waals surface area (Å²) >= 11 is 0. The van der Waals surface area contributed by atoms with Crippen LogP contribution in [0.15, 0.2) is 34.7 Å². The number of benzene rings is 2. The van der Waals surface area contributed by atoms with Gasteiger partial charge in [0, 0.05) is 31.2 Å². The van der Waals surface area contributed by atoms with Crippen LogP contribution in [-0.4, -0.2) is 141 Å². The standard InChI is InChI=1S/C31H36O18/c1-11(33)44-10-21-24(37)26(39)28(41)30(49-21)46-16-7-13(34)6-15-14(16)8-19(47-31-27(40)25(38)23(36)20(9-32)48-31)29(45-15)12-4-17(42-2)22(35)18(5-12)43-3/h4-8,20-21,23-28,30-32,36-41H,9-10H2,1-3H3,(H-,34,35)/p+1/t20-,21-,23-,24-,25+,26+,27-,28-,30-,31-/m1/s1. The van der Waals surface area contributed by atoms with Gasteiger partial charge in [0.25, 0.3) is 0 Å². The van der Waals surface area contributed by atoms with Gasteiger partial charge in [-0.1, -0.05) is 0 Å². The van der Waals surface area contributed by atoms with Gasteiger partial charge in [0.15, 0.2) is 11.5 Å². The normalized spacial score (nSPS) is 30.1. The van der Waals surface area contributed by atoms with Crippen molar-refractivity contribution in [3.8, 4) is 45.8 Å². The molecule has 0 aliphatic carbocycles. The topological polar surface area (TPSA) is 275 Å². The maximum atomic E-state index is 11.3. The summed E-state index contributed by atoms with van der Waals surface area (Å²) < 4.78 is 44.5. The Labute approximate surface area is 277 Å². The fourth-order valence-electron chi connectivity index (χ4n) is 5.35. The molecule has 0 bridgehead atoms. The summed E-state index contributed by atoms with van der Waals surface area (Å²) in [7, 11) is 2.58. The Bertz CT molecular complexity index is 1620. The van der Waals surface area contributed by atoms with Crippen molar-refractivity contribution in [1.29, 1.82) is 0 Å². The summed E-state index contributed by atoms with van der Waals surface area (Å²) in [5.41, 5.74) is 0.0924. The van der Waals surface area contributed by atoms with E-state index in [1.165, 1.54) is 38.5 Å². The first kappa shape index (κ1) is 36.1. The predicted octanol–water partition coefficient (Wildman–Crippen LogP) is -1.26. The summed E-state index contributed by atoms with van der Waals surface area (Å²) in [6.07, 6.45) is -16.7. The highest BCUT2D eigenvalue weighted by atomic mass is 16.7. The zero-order chi connectivity index (χ0) is 35.7. The molecule has 2 aliphatic heterocycles. The molecule has 268 valence electrons. The first-order valence-corrected chi connectivity index (χ1v) is 14.8. The van der Waals surface area contributed by atoms with E-state index in [2.05, 4.69) is 0 Å². The molecule has 0 unspecified atom stereocenters. The summed E-state index contributed by atoms with van der Waals surface area (Å²) in [4.78, 5) is 11.3. The second-order valence-corrected chi connectivity index (χ2v) is 11.3. The number of aliphatic hydroxyl groups is 7. The van der Waals surface area contributed by atoms with Gasteiger partial charge in [0.05, 0.1) is 32.5 Å². The minimum atomic E-state index is -1.84. The quantitative estimate of drug-likeness (QED) is 0.0883. The lowest BCUT2D eigenvalue weighted by Gasteiger charge is -2.40. The van der Waals surface area contributed by atoms with Gasteiger partial charge in [-0.3, -0.25) is 4.79 Å². The molecule has 49 heavy (non-hydrogen) atoms. The fraction of sp³-hybridized carbons (Fsp3) is 0.484. The molecule has 9 N–H and O–H groups in total. The van der Waals surface area contributed by atoms with Gasteiger partial charge < -0.3 is 79.1 Å². The van der Waals surface area contributed by atoms with Crippen LogP contribution in [0.5, 0.6) is 34.5 Å². The Kier molecular flexibility index (Phi) is 10.8. The Morgan fingerprint density at radius 1 is 0.735 bits per heavy atom. The number of aromatic hydroxyl groups is 2. The van der Waals surface area contributed by atoms with E-state index < -0.39 is 86.3 Å². The lowest BCUT2D eigenvalue weighted by molar-refractivity contribution is -0.278. The van der Waals surface area contributed by atoms with Gasteiger partial charge in [-0.25, -0.2) is 4.42 Å². The van der Waals surface area contributed by atoms with Gasteiger partial charge in [-0.15, -0.1) is 0 Å². The Hall–Kier alpha value is -4.24. The lowest BCUT2D eigenvalue weighted by Crippen LogP contribution is -2.60. The van der Waals surface area contributed by atoms with Gasteiger partial charge in [0.1, 0.15) is 72.3 Å². The minimum Gasteiger partial charge on any atom is -0.507 e. The van der Waals surface area contributed by atoms with Crippen molar-refractivity contribution in [2.45, 2.75) is 68.3 Å². The number of carbonyl (C=O) groups is 1. The number of methoxy groups -OCH3 is 2. The zero-order valence-corrected chi connectivity index (χ0v) is 26.3. The number of phenolic OH excluding ortho intramolecular Hbond substituents is 2. The largest absolute Gasteiger partial charge is 0.507 e. The molecule has 1 aromatic heterocycles. The molecule has 2 fully saturated rings.